The number of rotatable bonds is 1. The van der Waals surface area contributed by atoms with Gasteiger partial charge in [-0.05, 0) is 56.6 Å². The lowest BCUT2D eigenvalue weighted by Gasteiger charge is -2.32. The van der Waals surface area contributed by atoms with Gasteiger partial charge in [-0.2, -0.15) is 0 Å². The first-order chi connectivity index (χ1) is 9.62. The molecule has 0 spiro atoms. The van der Waals surface area contributed by atoms with Crippen LogP contribution < -0.4 is 10.2 Å². The highest BCUT2D eigenvalue weighted by Crippen LogP contribution is 2.39. The number of fused-ring (bicyclic) bond motifs is 1. The molecule has 2 aliphatic rings. The lowest BCUT2D eigenvalue weighted by molar-refractivity contribution is 0.00578. The standard InChI is InChI=1S/C17H25BO3/c1-15(2)9-10-19-14-8-7-12(11-13(14)15)18-20-16(3,4)17(5,6)21-18/h7-8,11H,9-10H2,1-6H3. The number of ether oxygens (including phenoxy) is 1. The molecule has 2 heterocycles. The molecule has 1 saturated heterocycles. The predicted octanol–water partition coefficient (Wildman–Crippen LogP) is 3.05. The Labute approximate surface area is 128 Å². The Bertz CT molecular complexity index is 547. The molecule has 0 unspecified atom stereocenters. The molecule has 0 atom stereocenters. The van der Waals surface area contributed by atoms with Crippen molar-refractivity contribution in [2.45, 2.75) is 64.6 Å². The first-order valence-electron chi connectivity index (χ1n) is 7.75. The third kappa shape index (κ3) is 2.38. The SMILES string of the molecule is CC1(C)CCOc2ccc(B3OC(C)(C)C(C)(C)O3)cc21. The van der Waals surface area contributed by atoms with E-state index in [0.717, 1.165) is 24.2 Å². The average molecular weight is 288 g/mol. The number of hydrogen-bond acceptors (Lipinski definition) is 3. The van der Waals surface area contributed by atoms with Crippen LogP contribution in [-0.2, 0) is 14.7 Å². The molecule has 4 heteroatoms. The Morgan fingerprint density at radius 2 is 1.57 bits per heavy atom. The molecule has 1 aromatic rings. The second-order valence-corrected chi connectivity index (χ2v) is 7.83. The molecule has 2 aliphatic heterocycles. The highest BCUT2D eigenvalue weighted by molar-refractivity contribution is 6.62. The fraction of sp³-hybridized carbons (Fsp3) is 0.647. The van der Waals surface area contributed by atoms with Crippen molar-refractivity contribution in [3.63, 3.8) is 0 Å². The summed E-state index contributed by atoms with van der Waals surface area (Å²) in [7, 11) is -0.307. The molecule has 0 aromatic heterocycles. The van der Waals surface area contributed by atoms with Crippen LogP contribution in [0.2, 0.25) is 0 Å². The van der Waals surface area contributed by atoms with E-state index < -0.39 is 0 Å². The second kappa shape index (κ2) is 4.50. The minimum atomic E-state index is -0.307. The normalized spacial score (nSPS) is 25.3. The zero-order valence-corrected chi connectivity index (χ0v) is 13.9. The van der Waals surface area contributed by atoms with Gasteiger partial charge in [-0.25, -0.2) is 0 Å². The van der Waals surface area contributed by atoms with E-state index in [1.165, 1.54) is 5.56 Å². The first-order valence-corrected chi connectivity index (χ1v) is 7.75. The van der Waals surface area contributed by atoms with Gasteiger partial charge in [0.1, 0.15) is 5.75 Å². The lowest BCUT2D eigenvalue weighted by Crippen LogP contribution is -2.41. The Morgan fingerprint density at radius 3 is 2.19 bits per heavy atom. The summed E-state index contributed by atoms with van der Waals surface area (Å²) < 4.78 is 18.1. The Morgan fingerprint density at radius 1 is 0.952 bits per heavy atom. The topological polar surface area (TPSA) is 27.7 Å². The fourth-order valence-electron chi connectivity index (χ4n) is 2.88. The highest BCUT2D eigenvalue weighted by Gasteiger charge is 2.52. The summed E-state index contributed by atoms with van der Waals surface area (Å²) in [6.07, 6.45) is 1.03. The number of hydrogen-bond donors (Lipinski definition) is 0. The molecule has 3 nitrogen and oxygen atoms in total. The summed E-state index contributed by atoms with van der Waals surface area (Å²) >= 11 is 0. The monoisotopic (exact) mass is 288 g/mol. The Balaban J connectivity index is 1.95. The van der Waals surface area contributed by atoms with E-state index in [0.29, 0.717) is 0 Å². The third-order valence-electron chi connectivity index (χ3n) is 5.24. The van der Waals surface area contributed by atoms with Crippen LogP contribution in [0.3, 0.4) is 0 Å². The highest BCUT2D eigenvalue weighted by atomic mass is 16.7. The van der Waals surface area contributed by atoms with E-state index in [2.05, 4.69) is 59.7 Å². The van der Waals surface area contributed by atoms with Crippen LogP contribution in [0.5, 0.6) is 5.75 Å². The molecule has 0 aliphatic carbocycles. The summed E-state index contributed by atoms with van der Waals surface area (Å²) in [4.78, 5) is 0. The average Bonchev–Trinajstić information content (AvgIpc) is 2.58. The molecule has 0 N–H and O–H groups in total. The van der Waals surface area contributed by atoms with E-state index in [1.54, 1.807) is 0 Å². The molecule has 3 rings (SSSR count). The van der Waals surface area contributed by atoms with Gasteiger partial charge >= 0.3 is 7.12 Å². The van der Waals surface area contributed by atoms with Crippen LogP contribution in [0.4, 0.5) is 0 Å². The lowest BCUT2D eigenvalue weighted by atomic mass is 9.73. The first kappa shape index (κ1) is 14.9. The molecule has 1 aromatic carbocycles. The van der Waals surface area contributed by atoms with Crippen LogP contribution in [-0.4, -0.2) is 24.9 Å². The summed E-state index contributed by atoms with van der Waals surface area (Å²) in [6, 6.07) is 6.30. The van der Waals surface area contributed by atoms with Gasteiger partial charge in [0, 0.05) is 0 Å². The summed E-state index contributed by atoms with van der Waals surface area (Å²) in [5.41, 5.74) is 1.85. The van der Waals surface area contributed by atoms with E-state index in [1.807, 2.05) is 0 Å². The van der Waals surface area contributed by atoms with Crippen molar-refractivity contribution < 1.29 is 14.0 Å². The maximum Gasteiger partial charge on any atom is 0.494 e. The van der Waals surface area contributed by atoms with Gasteiger partial charge in [0.15, 0.2) is 0 Å². The Hall–Kier alpha value is -0.995. The van der Waals surface area contributed by atoms with E-state index in [9.17, 15) is 0 Å². The van der Waals surface area contributed by atoms with Gasteiger partial charge < -0.3 is 14.0 Å². The summed E-state index contributed by atoms with van der Waals surface area (Å²) in [5.74, 6) is 0.992. The van der Waals surface area contributed by atoms with Crippen molar-refractivity contribution in [2.24, 2.45) is 0 Å². The van der Waals surface area contributed by atoms with Crippen molar-refractivity contribution in [1.82, 2.24) is 0 Å². The fourth-order valence-corrected chi connectivity index (χ4v) is 2.88. The van der Waals surface area contributed by atoms with Crippen LogP contribution in [0, 0.1) is 0 Å². The van der Waals surface area contributed by atoms with E-state index >= 15 is 0 Å². The van der Waals surface area contributed by atoms with E-state index in [-0.39, 0.29) is 23.7 Å². The minimum absolute atomic E-state index is 0.132. The van der Waals surface area contributed by atoms with Crippen molar-refractivity contribution in [3.8, 4) is 5.75 Å². The van der Waals surface area contributed by atoms with Crippen molar-refractivity contribution >= 4 is 12.6 Å². The Kier molecular flexibility index (Phi) is 3.20. The molecule has 21 heavy (non-hydrogen) atoms. The molecule has 0 saturated carbocycles. The molecule has 1 fully saturated rings. The quantitative estimate of drug-likeness (QED) is 0.743. The van der Waals surface area contributed by atoms with Gasteiger partial charge in [0.2, 0.25) is 0 Å². The zero-order valence-electron chi connectivity index (χ0n) is 13.9. The molecular formula is C17H25BO3. The van der Waals surface area contributed by atoms with Crippen LogP contribution in [0.1, 0.15) is 53.5 Å². The third-order valence-corrected chi connectivity index (χ3v) is 5.24. The van der Waals surface area contributed by atoms with E-state index in [4.69, 9.17) is 14.0 Å². The van der Waals surface area contributed by atoms with Crippen molar-refractivity contribution in [2.75, 3.05) is 6.61 Å². The van der Waals surface area contributed by atoms with Crippen LogP contribution in [0.25, 0.3) is 0 Å². The second-order valence-electron chi connectivity index (χ2n) is 7.83. The van der Waals surface area contributed by atoms with Crippen molar-refractivity contribution in [3.05, 3.63) is 23.8 Å². The van der Waals surface area contributed by atoms with Gasteiger partial charge in [-0.3, -0.25) is 0 Å². The van der Waals surface area contributed by atoms with Crippen molar-refractivity contribution in [1.29, 1.82) is 0 Å². The molecule has 0 radical (unpaired) electrons. The molecular weight excluding hydrogens is 263 g/mol. The van der Waals surface area contributed by atoms with Gasteiger partial charge in [-0.15, -0.1) is 0 Å². The minimum Gasteiger partial charge on any atom is -0.493 e. The van der Waals surface area contributed by atoms with Crippen LogP contribution >= 0.6 is 0 Å². The molecule has 0 amide bonds. The van der Waals surface area contributed by atoms with Gasteiger partial charge in [0.25, 0.3) is 0 Å². The maximum absolute atomic E-state index is 6.15. The predicted molar refractivity (Wildman–Crippen MR) is 85.3 cm³/mol. The molecule has 0 bridgehead atoms. The number of benzene rings is 1. The smallest absolute Gasteiger partial charge is 0.493 e. The van der Waals surface area contributed by atoms with Gasteiger partial charge in [-0.1, -0.05) is 26.0 Å². The summed E-state index contributed by atoms with van der Waals surface area (Å²) in [5, 5.41) is 0. The maximum atomic E-state index is 6.15. The summed E-state index contributed by atoms with van der Waals surface area (Å²) in [6.45, 7) is 13.6. The van der Waals surface area contributed by atoms with Gasteiger partial charge in [0.05, 0.1) is 17.8 Å². The largest absolute Gasteiger partial charge is 0.494 e. The zero-order chi connectivity index (χ0) is 15.5. The van der Waals surface area contributed by atoms with Crippen LogP contribution in [0.15, 0.2) is 18.2 Å². The molecule has 114 valence electrons.